The normalized spacial score (nSPS) is 10.2. The number of hydrogen-bond donors (Lipinski definition) is 1. The van der Waals surface area contributed by atoms with Gasteiger partial charge in [0, 0.05) is 0 Å². The lowest BCUT2D eigenvalue weighted by molar-refractivity contribution is 0.0686. The minimum absolute atomic E-state index is 0.103. The average molecular weight is 233 g/mol. The maximum atomic E-state index is 11.0. The van der Waals surface area contributed by atoms with Gasteiger partial charge in [-0.25, -0.2) is 4.79 Å². The first-order valence-corrected chi connectivity index (χ1v) is 4.97. The highest BCUT2D eigenvalue weighted by Gasteiger charge is 2.23. The predicted octanol–water partition coefficient (Wildman–Crippen LogP) is 2.36. The van der Waals surface area contributed by atoms with Gasteiger partial charge in [-0.15, -0.1) is 0 Å². The molecule has 17 heavy (non-hydrogen) atoms. The van der Waals surface area contributed by atoms with Crippen LogP contribution in [0.2, 0.25) is 0 Å². The molecule has 0 radical (unpaired) electrons. The fourth-order valence-corrected chi connectivity index (χ4v) is 1.54. The number of ether oxygens (including phenoxy) is 1. The van der Waals surface area contributed by atoms with Crippen molar-refractivity contribution in [2.24, 2.45) is 0 Å². The molecule has 2 rings (SSSR count). The van der Waals surface area contributed by atoms with Crippen LogP contribution in [-0.4, -0.2) is 23.3 Å². The molecular formula is C12H11NO4. The molecule has 0 fully saturated rings. The van der Waals surface area contributed by atoms with Gasteiger partial charge >= 0.3 is 11.9 Å². The highest BCUT2D eigenvalue weighted by Crippen LogP contribution is 2.33. The first-order chi connectivity index (χ1) is 8.13. The maximum Gasteiger partial charge on any atom is 0.358 e. The molecule has 5 nitrogen and oxygen atoms in total. The second-order valence-electron chi connectivity index (χ2n) is 3.57. The Hall–Kier alpha value is -2.30. The molecule has 1 aromatic heterocycles. The van der Waals surface area contributed by atoms with Gasteiger partial charge in [-0.3, -0.25) is 0 Å². The Labute approximate surface area is 97.6 Å². The van der Waals surface area contributed by atoms with E-state index >= 15 is 0 Å². The molecule has 88 valence electrons. The van der Waals surface area contributed by atoms with Crippen molar-refractivity contribution in [2.75, 3.05) is 7.11 Å². The summed E-state index contributed by atoms with van der Waals surface area (Å²) in [5, 5.41) is 12.5. The van der Waals surface area contributed by atoms with Crippen LogP contribution in [0.3, 0.4) is 0 Å². The van der Waals surface area contributed by atoms with Crippen LogP contribution < -0.4 is 4.74 Å². The minimum Gasteiger partial charge on any atom is -0.476 e. The van der Waals surface area contributed by atoms with Gasteiger partial charge in [0.2, 0.25) is 5.69 Å². The molecule has 0 saturated heterocycles. The molecule has 1 N–H and O–H groups in total. The third kappa shape index (κ3) is 1.99. The monoisotopic (exact) mass is 233 g/mol. The average Bonchev–Trinajstić information content (AvgIpc) is 2.73. The molecule has 0 aliphatic carbocycles. The van der Waals surface area contributed by atoms with Crippen LogP contribution in [0, 0.1) is 6.92 Å². The molecule has 2 aromatic rings. The summed E-state index contributed by atoms with van der Waals surface area (Å²) in [6.07, 6.45) is 0. The van der Waals surface area contributed by atoms with E-state index in [1.165, 1.54) is 7.11 Å². The number of rotatable bonds is 3. The van der Waals surface area contributed by atoms with E-state index in [0.29, 0.717) is 11.1 Å². The summed E-state index contributed by atoms with van der Waals surface area (Å²) >= 11 is 0. The predicted molar refractivity (Wildman–Crippen MR) is 60.2 cm³/mol. The highest BCUT2D eigenvalue weighted by molar-refractivity contribution is 5.95. The molecule has 0 aliphatic rings. The summed E-state index contributed by atoms with van der Waals surface area (Å²) in [6, 6.07) is 7.37. The van der Waals surface area contributed by atoms with E-state index in [9.17, 15) is 4.79 Å². The van der Waals surface area contributed by atoms with E-state index < -0.39 is 5.97 Å². The van der Waals surface area contributed by atoms with Gasteiger partial charge in [-0.2, -0.15) is 0 Å². The van der Waals surface area contributed by atoms with E-state index in [2.05, 4.69) is 5.16 Å². The van der Waals surface area contributed by atoms with Gasteiger partial charge < -0.3 is 14.4 Å². The summed E-state index contributed by atoms with van der Waals surface area (Å²) < 4.78 is 9.81. The molecule has 0 aliphatic heterocycles. The number of benzene rings is 1. The molecule has 0 bridgehead atoms. The number of carboxylic acid groups (broad SMARTS) is 1. The third-order valence-corrected chi connectivity index (χ3v) is 2.39. The van der Waals surface area contributed by atoms with Crippen LogP contribution in [0.4, 0.5) is 0 Å². The largest absolute Gasteiger partial charge is 0.476 e. The fraction of sp³-hybridized carbons (Fsp3) is 0.167. The van der Waals surface area contributed by atoms with Crippen LogP contribution in [0.15, 0.2) is 28.8 Å². The first kappa shape index (κ1) is 11.2. The van der Waals surface area contributed by atoms with Crippen molar-refractivity contribution in [3.05, 3.63) is 35.5 Å². The Bertz CT molecular complexity index is 542. The summed E-state index contributed by atoms with van der Waals surface area (Å²) in [6.45, 7) is 1.95. The SMILES string of the molecule is COc1onc(C(=O)O)c1-c1ccc(C)cc1. The van der Waals surface area contributed by atoms with Crippen molar-refractivity contribution in [2.45, 2.75) is 6.92 Å². The number of aromatic carboxylic acids is 1. The molecule has 0 atom stereocenters. The molecule has 0 amide bonds. The lowest BCUT2D eigenvalue weighted by Gasteiger charge is -2.01. The van der Waals surface area contributed by atoms with E-state index in [4.69, 9.17) is 14.4 Å². The Balaban J connectivity index is 2.59. The van der Waals surface area contributed by atoms with Crippen molar-refractivity contribution >= 4 is 5.97 Å². The van der Waals surface area contributed by atoms with Gasteiger partial charge in [-0.1, -0.05) is 35.0 Å². The highest BCUT2D eigenvalue weighted by atomic mass is 16.6. The fourth-order valence-electron chi connectivity index (χ4n) is 1.54. The number of aryl methyl sites for hydroxylation is 1. The molecule has 0 saturated carbocycles. The van der Waals surface area contributed by atoms with E-state index in [1.54, 1.807) is 12.1 Å². The van der Waals surface area contributed by atoms with E-state index in [0.717, 1.165) is 5.56 Å². The zero-order valence-corrected chi connectivity index (χ0v) is 9.43. The Kier molecular flexibility index (Phi) is 2.82. The molecular weight excluding hydrogens is 222 g/mol. The molecule has 0 spiro atoms. The molecule has 5 heteroatoms. The van der Waals surface area contributed by atoms with Crippen LogP contribution in [0.5, 0.6) is 5.95 Å². The topological polar surface area (TPSA) is 72.6 Å². The van der Waals surface area contributed by atoms with Gasteiger partial charge in [0.15, 0.2) is 0 Å². The van der Waals surface area contributed by atoms with E-state index in [1.807, 2.05) is 19.1 Å². The number of methoxy groups -OCH3 is 1. The summed E-state index contributed by atoms with van der Waals surface area (Å²) in [7, 11) is 1.41. The molecule has 0 unspecified atom stereocenters. The number of carbonyl (C=O) groups is 1. The number of nitrogens with zero attached hydrogens (tertiary/aromatic N) is 1. The van der Waals surface area contributed by atoms with Gasteiger partial charge in [0.25, 0.3) is 0 Å². The van der Waals surface area contributed by atoms with E-state index in [-0.39, 0.29) is 11.6 Å². The van der Waals surface area contributed by atoms with Crippen LogP contribution >= 0.6 is 0 Å². The maximum absolute atomic E-state index is 11.0. The lowest BCUT2D eigenvalue weighted by atomic mass is 10.0. The zero-order chi connectivity index (χ0) is 12.4. The van der Waals surface area contributed by atoms with Gasteiger partial charge in [-0.05, 0) is 12.5 Å². The standard InChI is InChI=1S/C12H11NO4/c1-7-3-5-8(6-4-7)9-10(11(14)15)13-17-12(9)16-2/h3-6H,1-2H3,(H,14,15). The summed E-state index contributed by atoms with van der Waals surface area (Å²) in [5.41, 5.74) is 2.00. The molecule has 1 aromatic carbocycles. The van der Waals surface area contributed by atoms with Crippen LogP contribution in [-0.2, 0) is 0 Å². The quantitative estimate of drug-likeness (QED) is 0.880. The first-order valence-electron chi connectivity index (χ1n) is 4.97. The van der Waals surface area contributed by atoms with Crippen molar-refractivity contribution in [3.63, 3.8) is 0 Å². The van der Waals surface area contributed by atoms with Crippen molar-refractivity contribution in [1.29, 1.82) is 0 Å². The Morgan fingerprint density at radius 1 is 1.35 bits per heavy atom. The van der Waals surface area contributed by atoms with Crippen molar-refractivity contribution < 1.29 is 19.2 Å². The summed E-state index contributed by atoms with van der Waals surface area (Å²) in [5.74, 6) is -1.04. The van der Waals surface area contributed by atoms with Crippen LogP contribution in [0.1, 0.15) is 16.1 Å². The Morgan fingerprint density at radius 3 is 2.53 bits per heavy atom. The molecule has 1 heterocycles. The third-order valence-electron chi connectivity index (χ3n) is 2.39. The zero-order valence-electron chi connectivity index (χ0n) is 9.43. The van der Waals surface area contributed by atoms with Gasteiger partial charge in [0.1, 0.15) is 5.56 Å². The minimum atomic E-state index is -1.15. The smallest absolute Gasteiger partial charge is 0.358 e. The lowest BCUT2D eigenvalue weighted by Crippen LogP contribution is -1.99. The second kappa shape index (κ2) is 4.29. The summed E-state index contributed by atoms with van der Waals surface area (Å²) in [4.78, 5) is 11.0. The Morgan fingerprint density at radius 2 is 2.00 bits per heavy atom. The number of hydrogen-bond acceptors (Lipinski definition) is 4. The number of carboxylic acids is 1. The van der Waals surface area contributed by atoms with Crippen molar-refractivity contribution in [1.82, 2.24) is 5.16 Å². The number of aromatic nitrogens is 1. The van der Waals surface area contributed by atoms with Crippen LogP contribution in [0.25, 0.3) is 11.1 Å². The van der Waals surface area contributed by atoms with Gasteiger partial charge in [0.05, 0.1) is 7.11 Å². The van der Waals surface area contributed by atoms with Crippen molar-refractivity contribution in [3.8, 4) is 17.1 Å². The second-order valence-corrected chi connectivity index (χ2v) is 3.57.